The summed E-state index contributed by atoms with van der Waals surface area (Å²) in [6, 6.07) is 18.7. The number of hydrogen-bond donors (Lipinski definition) is 1. The van der Waals surface area contributed by atoms with Gasteiger partial charge >= 0.3 is 6.09 Å². The molecule has 10 nitrogen and oxygen atoms in total. The van der Waals surface area contributed by atoms with E-state index in [0.29, 0.717) is 41.6 Å². The van der Waals surface area contributed by atoms with E-state index in [4.69, 9.17) is 14.7 Å². The molecule has 0 spiro atoms. The van der Waals surface area contributed by atoms with E-state index in [1.165, 1.54) is 22.9 Å². The van der Waals surface area contributed by atoms with E-state index in [1.54, 1.807) is 42.3 Å². The van der Waals surface area contributed by atoms with Crippen LogP contribution in [-0.4, -0.2) is 58.8 Å². The van der Waals surface area contributed by atoms with Crippen molar-refractivity contribution in [3.05, 3.63) is 115 Å². The maximum atomic E-state index is 12.6. The predicted molar refractivity (Wildman–Crippen MR) is 196 cm³/mol. The number of rotatable bonds is 13. The summed E-state index contributed by atoms with van der Waals surface area (Å²) in [6.07, 6.45) is 6.69. The Morgan fingerprint density at radius 3 is 2.42 bits per heavy atom. The zero-order chi connectivity index (χ0) is 36.3. The maximum Gasteiger partial charge on any atom is 0.409 e. The summed E-state index contributed by atoms with van der Waals surface area (Å²) in [7, 11) is 1.75. The molecule has 3 rings (SSSR count). The normalized spacial score (nSPS) is 13.9. The second-order valence-corrected chi connectivity index (χ2v) is 10.8. The molecule has 2 aromatic rings. The molecule has 258 valence electrons. The highest BCUT2D eigenvalue weighted by molar-refractivity contribution is 8.15. The number of ether oxygens (including phenoxy) is 2. The fraction of sp³-hybridized carbons (Fsp3) is 0.324. The first-order chi connectivity index (χ1) is 23.1. The van der Waals surface area contributed by atoms with Crippen molar-refractivity contribution in [2.45, 2.75) is 59.3 Å². The number of nitriles is 1. The lowest BCUT2D eigenvalue weighted by molar-refractivity contribution is -0.126. The molecule has 1 aliphatic rings. The minimum atomic E-state index is -0.267. The van der Waals surface area contributed by atoms with E-state index in [0.717, 1.165) is 24.2 Å². The molecule has 1 atom stereocenters. The van der Waals surface area contributed by atoms with Crippen LogP contribution in [-0.2, 0) is 25.7 Å². The Bertz CT molecular complexity index is 1420. The summed E-state index contributed by atoms with van der Waals surface area (Å²) < 4.78 is 10.3. The lowest BCUT2D eigenvalue weighted by Crippen LogP contribution is -2.33. The smallest absolute Gasteiger partial charge is 0.409 e. The van der Waals surface area contributed by atoms with Crippen LogP contribution in [0.25, 0.3) is 0 Å². The molecule has 1 unspecified atom stereocenters. The number of allylic oxidation sites excluding steroid dienone is 3. The Hall–Kier alpha value is -5.08. The van der Waals surface area contributed by atoms with Crippen LogP contribution in [0.3, 0.4) is 0 Å². The summed E-state index contributed by atoms with van der Waals surface area (Å²) in [6.45, 7) is 21.9. The average molecular weight is 676 g/mol. The molecule has 48 heavy (non-hydrogen) atoms. The summed E-state index contributed by atoms with van der Waals surface area (Å²) >= 11 is 1.37. The minimum absolute atomic E-state index is 0.0658. The summed E-state index contributed by atoms with van der Waals surface area (Å²) in [5.41, 5.74) is 3.02. The maximum absolute atomic E-state index is 12.6. The van der Waals surface area contributed by atoms with Crippen molar-refractivity contribution in [1.29, 1.82) is 5.26 Å². The fourth-order valence-corrected chi connectivity index (χ4v) is 4.72. The van der Waals surface area contributed by atoms with Gasteiger partial charge < -0.3 is 19.7 Å². The third-order valence-corrected chi connectivity index (χ3v) is 7.18. The highest BCUT2D eigenvalue weighted by Crippen LogP contribution is 2.32. The highest BCUT2D eigenvalue weighted by atomic mass is 32.2. The van der Waals surface area contributed by atoms with E-state index in [-0.39, 0.29) is 23.8 Å². The zero-order valence-corrected chi connectivity index (χ0v) is 29.8. The van der Waals surface area contributed by atoms with Crippen molar-refractivity contribution in [2.24, 2.45) is 4.99 Å². The van der Waals surface area contributed by atoms with Gasteiger partial charge in [0.2, 0.25) is 12.3 Å². The zero-order valence-electron chi connectivity index (χ0n) is 29.0. The number of amides is 3. The van der Waals surface area contributed by atoms with E-state index >= 15 is 0 Å². The van der Waals surface area contributed by atoms with Gasteiger partial charge in [0.15, 0.2) is 5.17 Å². The second kappa shape index (κ2) is 26.0. The Morgan fingerprint density at radius 2 is 1.88 bits per heavy atom. The van der Waals surface area contributed by atoms with Crippen LogP contribution in [0.2, 0.25) is 0 Å². The second-order valence-electron chi connectivity index (χ2n) is 9.63. The van der Waals surface area contributed by atoms with Gasteiger partial charge in [-0.1, -0.05) is 94.2 Å². The Labute approximate surface area is 290 Å². The van der Waals surface area contributed by atoms with Gasteiger partial charge in [-0.25, -0.2) is 9.79 Å². The first-order valence-electron chi connectivity index (χ1n) is 15.5. The molecule has 2 aromatic carbocycles. The van der Waals surface area contributed by atoms with Crippen molar-refractivity contribution in [2.75, 3.05) is 20.1 Å². The molecular formula is C37H49N5O5S. The van der Waals surface area contributed by atoms with Crippen LogP contribution in [0.5, 0.6) is 0 Å². The molecule has 1 aliphatic heterocycles. The van der Waals surface area contributed by atoms with Gasteiger partial charge in [-0.05, 0) is 50.5 Å². The van der Waals surface area contributed by atoms with Gasteiger partial charge in [0.05, 0.1) is 35.4 Å². The number of aliphatic imine (C=N–C) groups is 1. The van der Waals surface area contributed by atoms with Crippen LogP contribution in [0.1, 0.15) is 58.6 Å². The van der Waals surface area contributed by atoms with Gasteiger partial charge in [-0.15, -0.1) is 6.58 Å². The standard InChI is InChI=1S/C18H17N3O2S.C12H17NO2.C5H9NO.C2H6/c1-4-7-16-17(22)21(12-13(3)23-5-2)18(24-16)20-15-9-6-8-14(10-15)11-19;1-3-9-13(2)12(14)15-10-11-7-5-4-6-8-11;1-3-5(2)6-4-7;1-2/h4-6,8-10,16H,1-3,7,12H2;4-8H,3,9-10H2,1-2H3;3-4H,1-2H3,(H,6,7);1-2H3/b;;5-3+;. The van der Waals surface area contributed by atoms with Crippen molar-refractivity contribution < 1.29 is 23.9 Å². The van der Waals surface area contributed by atoms with E-state index in [2.05, 4.69) is 36.1 Å². The van der Waals surface area contributed by atoms with E-state index in [1.807, 2.05) is 71.0 Å². The van der Waals surface area contributed by atoms with Crippen LogP contribution >= 0.6 is 11.8 Å². The highest BCUT2D eigenvalue weighted by Gasteiger charge is 2.37. The molecule has 1 N–H and O–H groups in total. The lowest BCUT2D eigenvalue weighted by atomic mass is 10.2. The number of nitrogens with one attached hydrogen (secondary N) is 1. The Kier molecular flexibility index (Phi) is 23.3. The van der Waals surface area contributed by atoms with Gasteiger partial charge in [-0.2, -0.15) is 5.26 Å². The first kappa shape index (κ1) is 42.9. The Balaban J connectivity index is 0.000000782. The summed E-state index contributed by atoms with van der Waals surface area (Å²) in [4.78, 5) is 41.2. The molecule has 0 bridgehead atoms. The number of thioether (sulfide) groups is 1. The number of amidine groups is 1. The molecule has 11 heteroatoms. The number of carbonyl (C=O) groups is 3. The van der Waals surface area contributed by atoms with Crippen LogP contribution in [0, 0.1) is 11.3 Å². The molecule has 0 radical (unpaired) electrons. The Morgan fingerprint density at radius 1 is 1.19 bits per heavy atom. The van der Waals surface area contributed by atoms with E-state index in [9.17, 15) is 14.4 Å². The van der Waals surface area contributed by atoms with Gasteiger partial charge in [0, 0.05) is 19.3 Å². The van der Waals surface area contributed by atoms with Crippen LogP contribution < -0.4 is 5.32 Å². The molecule has 0 aliphatic carbocycles. The van der Waals surface area contributed by atoms with Crippen molar-refractivity contribution in [3.63, 3.8) is 0 Å². The monoisotopic (exact) mass is 675 g/mol. The van der Waals surface area contributed by atoms with Crippen LogP contribution in [0.4, 0.5) is 10.5 Å². The molecular weight excluding hydrogens is 627 g/mol. The number of hydrogen-bond acceptors (Lipinski definition) is 8. The van der Waals surface area contributed by atoms with Gasteiger partial charge in [0.25, 0.3) is 0 Å². The third-order valence-electron chi connectivity index (χ3n) is 5.98. The van der Waals surface area contributed by atoms with E-state index < -0.39 is 0 Å². The summed E-state index contributed by atoms with van der Waals surface area (Å²) in [5, 5.41) is 11.8. The number of benzene rings is 2. The van der Waals surface area contributed by atoms with Crippen molar-refractivity contribution in [3.8, 4) is 6.07 Å². The molecule has 1 saturated heterocycles. The summed E-state index contributed by atoms with van der Waals surface area (Å²) in [5.74, 6) is 0.334. The average Bonchev–Trinajstić information content (AvgIpc) is 3.38. The third kappa shape index (κ3) is 17.0. The number of nitrogens with zero attached hydrogens (tertiary/aromatic N) is 4. The SMILES string of the molecule is C/C=C(\C)NC=O.C=CCC1SC(=Nc2cccc(C#N)c2)N(CC(=C)OC=C)C1=O.CC.CCCN(C)C(=O)OCc1ccccc1. The molecule has 3 amide bonds. The predicted octanol–water partition coefficient (Wildman–Crippen LogP) is 8.09. The molecule has 1 fully saturated rings. The van der Waals surface area contributed by atoms with Crippen molar-refractivity contribution >= 4 is 41.0 Å². The van der Waals surface area contributed by atoms with Crippen LogP contribution in [0.15, 0.2) is 109 Å². The fourth-order valence-electron chi connectivity index (χ4n) is 3.56. The quantitative estimate of drug-likeness (QED) is 0.129. The molecule has 0 saturated carbocycles. The topological polar surface area (TPSA) is 124 Å². The molecule has 1 heterocycles. The van der Waals surface area contributed by atoms with Gasteiger partial charge in [-0.3, -0.25) is 14.5 Å². The van der Waals surface area contributed by atoms with Crippen molar-refractivity contribution in [1.82, 2.24) is 15.1 Å². The molecule has 0 aromatic heterocycles. The number of carbonyl (C=O) groups excluding carboxylic acids is 3. The van der Waals surface area contributed by atoms with Gasteiger partial charge in [0.1, 0.15) is 12.4 Å². The first-order valence-corrected chi connectivity index (χ1v) is 16.4. The minimum Gasteiger partial charge on any atom is -0.469 e. The largest absolute Gasteiger partial charge is 0.469 e. The lowest BCUT2D eigenvalue weighted by Gasteiger charge is -2.17.